The Bertz CT molecular complexity index is 556. The van der Waals surface area contributed by atoms with Crippen LogP contribution in [-0.2, 0) is 11.8 Å². The highest BCUT2D eigenvalue weighted by molar-refractivity contribution is 5.89. The first-order chi connectivity index (χ1) is 10.6. The summed E-state index contributed by atoms with van der Waals surface area (Å²) < 4.78 is 7.23. The molecule has 0 aliphatic carbocycles. The van der Waals surface area contributed by atoms with Crippen molar-refractivity contribution >= 4 is 11.7 Å². The number of urea groups is 1. The highest BCUT2D eigenvalue weighted by atomic mass is 16.5. The van der Waals surface area contributed by atoms with E-state index in [4.69, 9.17) is 4.74 Å². The van der Waals surface area contributed by atoms with E-state index in [0.29, 0.717) is 18.8 Å². The van der Waals surface area contributed by atoms with E-state index in [1.54, 1.807) is 30.3 Å². The molecule has 2 amide bonds. The third kappa shape index (κ3) is 4.34. The Kier molecular flexibility index (Phi) is 6.00. The van der Waals surface area contributed by atoms with Gasteiger partial charge in [-0.3, -0.25) is 4.79 Å². The summed E-state index contributed by atoms with van der Waals surface area (Å²) in [5, 5.41) is 2.72. The van der Waals surface area contributed by atoms with Crippen LogP contribution in [0.4, 0.5) is 10.5 Å². The molecule has 0 spiro atoms. The molecule has 1 aliphatic heterocycles. The molecule has 1 N–H and O–H groups in total. The molecule has 1 aromatic heterocycles. The molecule has 1 fully saturated rings. The van der Waals surface area contributed by atoms with Crippen molar-refractivity contribution in [3.63, 3.8) is 0 Å². The van der Waals surface area contributed by atoms with Crippen LogP contribution in [0.25, 0.3) is 0 Å². The second kappa shape index (κ2) is 7.98. The maximum absolute atomic E-state index is 12.3. The van der Waals surface area contributed by atoms with E-state index in [9.17, 15) is 9.59 Å². The lowest BCUT2D eigenvalue weighted by molar-refractivity contribution is 0.0446. The van der Waals surface area contributed by atoms with Gasteiger partial charge in [-0.25, -0.2) is 4.79 Å². The number of likely N-dealkylation sites (tertiary alicyclic amines) is 1. The predicted molar refractivity (Wildman–Crippen MR) is 86.2 cm³/mol. The first kappa shape index (κ1) is 16.5. The number of aryl methyl sites for hydroxylation is 1. The number of nitrogens with one attached hydrogen (secondary N) is 1. The van der Waals surface area contributed by atoms with Crippen molar-refractivity contribution in [3.8, 4) is 0 Å². The molecule has 0 unspecified atom stereocenters. The molecule has 1 atom stereocenters. The maximum atomic E-state index is 12.3. The van der Waals surface area contributed by atoms with Gasteiger partial charge in [-0.05, 0) is 37.8 Å². The summed E-state index contributed by atoms with van der Waals surface area (Å²) in [6.45, 7) is 4.23. The molecule has 0 radical (unpaired) electrons. The van der Waals surface area contributed by atoms with Gasteiger partial charge in [0, 0.05) is 32.9 Å². The number of pyridine rings is 1. The van der Waals surface area contributed by atoms with Gasteiger partial charge >= 0.3 is 6.03 Å². The fourth-order valence-electron chi connectivity index (χ4n) is 2.61. The second-order valence-electron chi connectivity index (χ2n) is 5.68. The van der Waals surface area contributed by atoms with E-state index < -0.39 is 0 Å². The Balaban J connectivity index is 1.92. The Labute approximate surface area is 131 Å². The normalized spacial score (nSPS) is 18.8. The van der Waals surface area contributed by atoms with Gasteiger partial charge in [0.15, 0.2) is 0 Å². The van der Waals surface area contributed by atoms with Gasteiger partial charge in [0.25, 0.3) is 5.56 Å². The van der Waals surface area contributed by atoms with Crippen molar-refractivity contribution in [2.45, 2.75) is 38.7 Å². The van der Waals surface area contributed by atoms with E-state index in [0.717, 1.165) is 32.3 Å². The Morgan fingerprint density at radius 3 is 3.00 bits per heavy atom. The number of hydrogen-bond donors (Lipinski definition) is 1. The van der Waals surface area contributed by atoms with Crippen molar-refractivity contribution in [2.75, 3.05) is 25.0 Å². The van der Waals surface area contributed by atoms with Gasteiger partial charge in [-0.1, -0.05) is 6.92 Å². The molecular formula is C16H25N3O3. The minimum absolute atomic E-state index is 0.199. The third-order valence-electron chi connectivity index (χ3n) is 3.88. The average Bonchev–Trinajstić information content (AvgIpc) is 2.75. The summed E-state index contributed by atoms with van der Waals surface area (Å²) in [6, 6.07) is 3.17. The van der Waals surface area contributed by atoms with Crippen LogP contribution in [0, 0.1) is 0 Å². The van der Waals surface area contributed by atoms with Crippen LogP contribution in [0.5, 0.6) is 0 Å². The lowest BCUT2D eigenvalue weighted by atomic mass is 10.2. The molecule has 22 heavy (non-hydrogen) atoms. The first-order valence-electron chi connectivity index (χ1n) is 7.95. The van der Waals surface area contributed by atoms with Crippen molar-refractivity contribution in [2.24, 2.45) is 7.05 Å². The zero-order valence-corrected chi connectivity index (χ0v) is 13.4. The molecule has 1 saturated heterocycles. The van der Waals surface area contributed by atoms with Gasteiger partial charge < -0.3 is 19.5 Å². The molecule has 0 aromatic carbocycles. The molecule has 122 valence electrons. The highest BCUT2D eigenvalue weighted by Crippen LogP contribution is 2.15. The van der Waals surface area contributed by atoms with E-state index in [-0.39, 0.29) is 17.7 Å². The smallest absolute Gasteiger partial charge is 0.321 e. The number of rotatable bonds is 4. The number of aromatic nitrogens is 1. The molecule has 2 heterocycles. The fraction of sp³-hybridized carbons (Fsp3) is 0.625. The SMILES string of the molecule is CCCO[C@@H]1CCCN(C(=O)Nc2cccn(C)c2=O)CC1. The number of carbonyl (C=O) groups excluding carboxylic acids is 1. The van der Waals surface area contributed by atoms with Gasteiger partial charge in [-0.15, -0.1) is 0 Å². The van der Waals surface area contributed by atoms with Gasteiger partial charge in [0.05, 0.1) is 6.10 Å². The third-order valence-corrected chi connectivity index (χ3v) is 3.88. The Morgan fingerprint density at radius 2 is 2.23 bits per heavy atom. The molecule has 0 saturated carbocycles. The average molecular weight is 307 g/mol. The van der Waals surface area contributed by atoms with Crippen LogP contribution < -0.4 is 10.9 Å². The minimum Gasteiger partial charge on any atom is -0.378 e. The quantitative estimate of drug-likeness (QED) is 0.927. The summed E-state index contributed by atoms with van der Waals surface area (Å²) in [5.41, 5.74) is 0.118. The lowest BCUT2D eigenvalue weighted by Crippen LogP contribution is -2.37. The number of amides is 2. The number of hydrogen-bond acceptors (Lipinski definition) is 3. The molecule has 1 aliphatic rings. The van der Waals surface area contributed by atoms with Crippen molar-refractivity contribution in [3.05, 3.63) is 28.7 Å². The molecular weight excluding hydrogens is 282 g/mol. The predicted octanol–water partition coefficient (Wildman–Crippen LogP) is 2.20. The largest absolute Gasteiger partial charge is 0.378 e. The number of anilines is 1. The van der Waals surface area contributed by atoms with Crippen LogP contribution in [0.2, 0.25) is 0 Å². The molecule has 6 heteroatoms. The number of carbonyl (C=O) groups is 1. The summed E-state index contributed by atoms with van der Waals surface area (Å²) in [6.07, 6.45) is 5.67. The number of nitrogens with zero attached hydrogens (tertiary/aromatic N) is 2. The maximum Gasteiger partial charge on any atom is 0.321 e. The van der Waals surface area contributed by atoms with E-state index >= 15 is 0 Å². The van der Waals surface area contributed by atoms with E-state index in [1.807, 2.05) is 0 Å². The van der Waals surface area contributed by atoms with Crippen molar-refractivity contribution < 1.29 is 9.53 Å². The Hall–Kier alpha value is -1.82. The molecule has 2 rings (SSSR count). The van der Waals surface area contributed by atoms with E-state index in [1.165, 1.54) is 4.57 Å². The zero-order chi connectivity index (χ0) is 15.9. The van der Waals surface area contributed by atoms with Crippen LogP contribution in [0.3, 0.4) is 0 Å². The minimum atomic E-state index is -0.209. The van der Waals surface area contributed by atoms with Crippen LogP contribution in [-0.4, -0.2) is 41.3 Å². The van der Waals surface area contributed by atoms with Crippen LogP contribution >= 0.6 is 0 Å². The summed E-state index contributed by atoms with van der Waals surface area (Å²) in [5.74, 6) is 0. The second-order valence-corrected chi connectivity index (χ2v) is 5.68. The van der Waals surface area contributed by atoms with Gasteiger partial charge in [0.1, 0.15) is 5.69 Å². The summed E-state index contributed by atoms with van der Waals surface area (Å²) in [4.78, 5) is 26.0. The monoisotopic (exact) mass is 307 g/mol. The topological polar surface area (TPSA) is 63.6 Å². The summed E-state index contributed by atoms with van der Waals surface area (Å²) in [7, 11) is 1.67. The molecule has 0 bridgehead atoms. The highest BCUT2D eigenvalue weighted by Gasteiger charge is 2.21. The van der Waals surface area contributed by atoms with Gasteiger partial charge in [0.2, 0.25) is 0 Å². The standard InChI is InChI=1S/C16H25N3O3/c1-3-12-22-13-6-4-10-19(11-8-13)16(21)17-14-7-5-9-18(2)15(14)20/h5,7,9,13H,3-4,6,8,10-12H2,1-2H3,(H,17,21)/t13-/m1/s1. The number of ether oxygens (including phenoxy) is 1. The first-order valence-corrected chi connectivity index (χ1v) is 7.95. The van der Waals surface area contributed by atoms with Crippen LogP contribution in [0.15, 0.2) is 23.1 Å². The van der Waals surface area contributed by atoms with Gasteiger partial charge in [-0.2, -0.15) is 0 Å². The molecule has 1 aromatic rings. The van der Waals surface area contributed by atoms with Crippen LogP contribution in [0.1, 0.15) is 32.6 Å². The zero-order valence-electron chi connectivity index (χ0n) is 13.4. The van der Waals surface area contributed by atoms with E-state index in [2.05, 4.69) is 12.2 Å². The van der Waals surface area contributed by atoms with Crippen molar-refractivity contribution in [1.29, 1.82) is 0 Å². The Morgan fingerprint density at radius 1 is 1.41 bits per heavy atom. The lowest BCUT2D eigenvalue weighted by Gasteiger charge is -2.21. The summed E-state index contributed by atoms with van der Waals surface area (Å²) >= 11 is 0. The fourth-order valence-corrected chi connectivity index (χ4v) is 2.61. The van der Waals surface area contributed by atoms with Crippen molar-refractivity contribution in [1.82, 2.24) is 9.47 Å². The molecule has 6 nitrogen and oxygen atoms in total.